The van der Waals surface area contributed by atoms with Gasteiger partial charge in [-0.15, -0.1) is 9.24 Å². The van der Waals surface area contributed by atoms with E-state index in [0.29, 0.717) is 25.0 Å². The Morgan fingerprint density at radius 3 is 2.55 bits per heavy atom. The number of ether oxygens (including phenoxy) is 5. The van der Waals surface area contributed by atoms with E-state index < -0.39 is 16.8 Å². The van der Waals surface area contributed by atoms with E-state index >= 15 is 0 Å². The van der Waals surface area contributed by atoms with Gasteiger partial charge in [0.15, 0.2) is 11.2 Å². The van der Waals surface area contributed by atoms with Crippen LogP contribution in [0, 0.1) is 17.3 Å². The molecule has 0 amide bonds. The van der Waals surface area contributed by atoms with Crippen LogP contribution in [0.25, 0.3) is 0 Å². The molecule has 2 unspecified atom stereocenters. The monoisotopic (exact) mass is 446 g/mol. The van der Waals surface area contributed by atoms with Crippen LogP contribution in [0.4, 0.5) is 0 Å². The van der Waals surface area contributed by atoms with E-state index in [-0.39, 0.29) is 40.5 Å². The van der Waals surface area contributed by atoms with Gasteiger partial charge in [-0.1, -0.05) is 34.1 Å². The van der Waals surface area contributed by atoms with Crippen molar-refractivity contribution in [3.8, 4) is 0 Å². The summed E-state index contributed by atoms with van der Waals surface area (Å²) in [5, 5.41) is -0.241. The highest BCUT2D eigenvalue weighted by atomic mass is 31.0. The minimum atomic E-state index is -0.447. The highest BCUT2D eigenvalue weighted by Crippen LogP contribution is 2.88. The fourth-order valence-corrected chi connectivity index (χ4v) is 10.3. The molecule has 0 radical (unpaired) electrons. The molecule has 7 heteroatoms. The summed E-state index contributed by atoms with van der Waals surface area (Å²) in [6.07, 6.45) is 3.89. The molecule has 5 heterocycles. The highest BCUT2D eigenvalue weighted by Gasteiger charge is 3.07. The van der Waals surface area contributed by atoms with E-state index in [4.69, 9.17) is 23.7 Å². The lowest BCUT2D eigenvalue weighted by atomic mass is 9.49. The van der Waals surface area contributed by atoms with Crippen LogP contribution in [0.15, 0.2) is 11.1 Å². The minimum absolute atomic E-state index is 0.0374. The first kappa shape index (κ1) is 18.9. The molecule has 8 aliphatic rings. The topological polar surface area (TPSA) is 76.4 Å². The molecule has 8 rings (SSSR count). The number of fused-ring (bicyclic) bond motifs is 5. The highest BCUT2D eigenvalue weighted by molar-refractivity contribution is 7.19. The Labute approximate surface area is 184 Å². The molecule has 3 spiro atoms. The van der Waals surface area contributed by atoms with Crippen molar-refractivity contribution < 1.29 is 28.5 Å². The molecule has 11 atom stereocenters. The fourth-order valence-electron chi connectivity index (χ4n) is 9.40. The van der Waals surface area contributed by atoms with E-state index in [2.05, 4.69) is 36.9 Å². The number of cyclic esters (lactones) is 1. The Morgan fingerprint density at radius 1 is 1.13 bits per heavy atom. The van der Waals surface area contributed by atoms with Crippen molar-refractivity contribution in [3.63, 3.8) is 0 Å². The minimum Gasteiger partial charge on any atom is -0.458 e. The van der Waals surface area contributed by atoms with Gasteiger partial charge in [-0.05, 0) is 36.7 Å². The van der Waals surface area contributed by atoms with E-state index in [1.807, 2.05) is 0 Å². The summed E-state index contributed by atoms with van der Waals surface area (Å²) < 4.78 is 32.4. The number of rotatable bonds is 2. The zero-order valence-electron chi connectivity index (χ0n) is 18.7. The molecule has 3 aliphatic carbocycles. The Balaban J connectivity index is 1.38. The SMILES string of the molecule is CCC1C[C@@]2(P)C3=C(CC[C@]2(C)[C@]24O[C@H]2[C@@H]2O[C@]2(C(C)C)[C@]2(CO2)[C@@]42O[C@@H]12)C(=O)OC3. The summed E-state index contributed by atoms with van der Waals surface area (Å²) in [6, 6.07) is 0. The van der Waals surface area contributed by atoms with Crippen molar-refractivity contribution in [1.29, 1.82) is 0 Å². The lowest BCUT2D eigenvalue weighted by Crippen LogP contribution is -2.70. The Morgan fingerprint density at radius 2 is 1.87 bits per heavy atom. The van der Waals surface area contributed by atoms with Gasteiger partial charge in [-0.3, -0.25) is 0 Å². The van der Waals surface area contributed by atoms with Crippen molar-refractivity contribution >= 4 is 15.2 Å². The van der Waals surface area contributed by atoms with Crippen molar-refractivity contribution in [1.82, 2.24) is 0 Å². The third-order valence-electron chi connectivity index (χ3n) is 11.1. The predicted octanol–water partition coefficient (Wildman–Crippen LogP) is 2.54. The van der Waals surface area contributed by atoms with Gasteiger partial charge >= 0.3 is 5.97 Å². The van der Waals surface area contributed by atoms with Crippen LogP contribution in [0.3, 0.4) is 0 Å². The maximum absolute atomic E-state index is 12.5. The van der Waals surface area contributed by atoms with Crippen LogP contribution in [-0.2, 0) is 28.5 Å². The van der Waals surface area contributed by atoms with Crippen LogP contribution < -0.4 is 0 Å². The summed E-state index contributed by atoms with van der Waals surface area (Å²) in [5.41, 5.74) is 0.328. The number of carbonyl (C=O) groups excluding carboxylic acids is 1. The van der Waals surface area contributed by atoms with Crippen LogP contribution in [-0.4, -0.2) is 65.1 Å². The van der Waals surface area contributed by atoms with Gasteiger partial charge in [-0.2, -0.15) is 0 Å². The average molecular weight is 446 g/mol. The maximum atomic E-state index is 12.5. The summed E-state index contributed by atoms with van der Waals surface area (Å²) in [4.78, 5) is 12.5. The summed E-state index contributed by atoms with van der Waals surface area (Å²) in [7, 11) is 3.23. The standard InChI is InChI=1S/C24H31O6P/c1-5-12-8-20(31)14-9-26-18(25)13(14)6-7-19(20,4)23-17(30-23)16-22(28-16,11(2)3)21(10-27-21)24(23)15(12)29-24/h11-12,15-17H,5-10,31H2,1-4H3/t12?,15-,16-,17-,19-,20+,21+,22-,23+,24+/m0/s1. The van der Waals surface area contributed by atoms with Gasteiger partial charge in [-0.25, -0.2) is 4.79 Å². The fraction of sp³-hybridized carbons (Fsp3) is 0.875. The molecule has 0 aromatic carbocycles. The van der Waals surface area contributed by atoms with Crippen molar-refractivity contribution in [2.75, 3.05) is 13.2 Å². The largest absolute Gasteiger partial charge is 0.458 e. The first-order valence-corrected chi connectivity index (χ1v) is 12.6. The van der Waals surface area contributed by atoms with E-state index in [1.54, 1.807) is 0 Å². The molecule has 4 saturated heterocycles. The lowest BCUT2D eigenvalue weighted by Gasteiger charge is -2.55. The Bertz CT molecular complexity index is 1000. The molecule has 168 valence electrons. The molecule has 0 N–H and O–H groups in total. The predicted molar refractivity (Wildman–Crippen MR) is 112 cm³/mol. The zero-order chi connectivity index (χ0) is 21.4. The van der Waals surface area contributed by atoms with E-state index in [0.717, 1.165) is 31.3 Å². The van der Waals surface area contributed by atoms with Gasteiger partial charge in [0.1, 0.15) is 30.0 Å². The lowest BCUT2D eigenvalue weighted by molar-refractivity contribution is -0.136. The molecule has 2 saturated carbocycles. The summed E-state index contributed by atoms with van der Waals surface area (Å²) in [6.45, 7) is 10.3. The molecule has 6 nitrogen and oxygen atoms in total. The smallest absolute Gasteiger partial charge is 0.334 e. The molecule has 31 heavy (non-hydrogen) atoms. The molecule has 5 aliphatic heterocycles. The second kappa shape index (κ2) is 4.81. The van der Waals surface area contributed by atoms with Crippen molar-refractivity contribution in [3.05, 3.63) is 11.1 Å². The number of hydrogen-bond donors (Lipinski definition) is 0. The molecule has 0 aromatic rings. The summed E-state index contributed by atoms with van der Waals surface area (Å²) in [5.74, 6) is 0.608. The zero-order valence-corrected chi connectivity index (χ0v) is 19.8. The third kappa shape index (κ3) is 1.48. The van der Waals surface area contributed by atoms with E-state index in [1.165, 1.54) is 5.57 Å². The van der Waals surface area contributed by atoms with Gasteiger partial charge in [0.25, 0.3) is 0 Å². The van der Waals surface area contributed by atoms with Gasteiger partial charge in [0.05, 0.1) is 12.7 Å². The number of epoxide rings is 4. The number of hydrogen-bond acceptors (Lipinski definition) is 6. The quantitative estimate of drug-likeness (QED) is 0.369. The van der Waals surface area contributed by atoms with E-state index in [9.17, 15) is 4.79 Å². The number of carbonyl (C=O) groups is 1. The van der Waals surface area contributed by atoms with Gasteiger partial charge in [0.2, 0.25) is 0 Å². The second-order valence-electron chi connectivity index (χ2n) is 11.9. The second-order valence-corrected chi connectivity index (χ2v) is 12.8. The maximum Gasteiger partial charge on any atom is 0.334 e. The Kier molecular flexibility index (Phi) is 2.93. The van der Waals surface area contributed by atoms with Crippen LogP contribution in [0.5, 0.6) is 0 Å². The van der Waals surface area contributed by atoms with Crippen LogP contribution >= 0.6 is 9.24 Å². The molecular formula is C24H31O6P. The van der Waals surface area contributed by atoms with Gasteiger partial charge < -0.3 is 23.7 Å². The molecule has 6 fully saturated rings. The summed E-state index contributed by atoms with van der Waals surface area (Å²) >= 11 is 0. The average Bonchev–Trinajstić information content (AvgIpc) is 3.54. The van der Waals surface area contributed by atoms with Crippen LogP contribution in [0.1, 0.15) is 53.4 Å². The van der Waals surface area contributed by atoms with Crippen molar-refractivity contribution in [2.45, 2.75) is 99.3 Å². The number of esters is 1. The first-order valence-electron chi connectivity index (χ1n) is 12.1. The Hall–Kier alpha value is -0.520. The van der Waals surface area contributed by atoms with Crippen molar-refractivity contribution in [2.24, 2.45) is 17.3 Å². The molecular weight excluding hydrogens is 415 g/mol. The van der Waals surface area contributed by atoms with Crippen LogP contribution in [0.2, 0.25) is 0 Å². The van der Waals surface area contributed by atoms with Gasteiger partial charge in [0, 0.05) is 16.1 Å². The first-order chi connectivity index (χ1) is 14.7. The third-order valence-corrected chi connectivity index (χ3v) is 12.3. The normalized spacial score (nSPS) is 63.9. The molecule has 0 aromatic heterocycles. The molecule has 0 bridgehead atoms.